The zero-order chi connectivity index (χ0) is 6.97. The Bertz CT molecular complexity index is 358. The fourth-order valence-electron chi connectivity index (χ4n) is 0.956. The number of benzene rings is 1. The van der Waals surface area contributed by atoms with Crippen molar-refractivity contribution in [3.63, 3.8) is 0 Å². The summed E-state index contributed by atoms with van der Waals surface area (Å²) in [4.78, 5) is 8.18. The number of fused-ring (bicyclic) bond motifs is 1. The molecular weight excluding hydrogens is 316 g/mol. The standard InChI is InChI=1S/C8H6N2.Ir/c1-6-9-7-4-2-3-5-8(7)10-6;/h2-5H,1H2;. The zero-order valence-electron chi connectivity index (χ0n) is 5.74. The molecule has 0 spiro atoms. The third-order valence-corrected chi connectivity index (χ3v) is 1.38. The molecule has 3 heteroatoms. The van der Waals surface area contributed by atoms with Gasteiger partial charge in [0, 0.05) is 20.1 Å². The number of hydrogen-bond donors (Lipinski definition) is 0. The van der Waals surface area contributed by atoms with Crippen LogP contribution in [-0.2, 0) is 20.1 Å². The predicted molar refractivity (Wildman–Crippen MR) is 37.9 cm³/mol. The summed E-state index contributed by atoms with van der Waals surface area (Å²) in [5.74, 6) is 0.598. The van der Waals surface area contributed by atoms with Crippen molar-refractivity contribution in [2.24, 2.45) is 9.98 Å². The third kappa shape index (κ3) is 1.44. The molecule has 2 rings (SSSR count). The van der Waals surface area contributed by atoms with Crippen LogP contribution >= 0.6 is 0 Å². The molecule has 1 heterocycles. The minimum absolute atomic E-state index is 0. The first kappa shape index (κ1) is 8.31. The van der Waals surface area contributed by atoms with Gasteiger partial charge in [0.25, 0.3) is 0 Å². The maximum absolute atomic E-state index is 4.09. The molecule has 2 nitrogen and oxygen atoms in total. The molecule has 1 aromatic carbocycles. The number of hydrogen-bond acceptors (Lipinski definition) is 2. The van der Waals surface area contributed by atoms with Gasteiger partial charge in [-0.05, 0) is 12.1 Å². The van der Waals surface area contributed by atoms with Gasteiger partial charge >= 0.3 is 0 Å². The minimum atomic E-state index is 0. The maximum Gasteiger partial charge on any atom is 0.146 e. The van der Waals surface area contributed by atoms with Gasteiger partial charge in [-0.25, -0.2) is 9.98 Å². The molecule has 57 valence electrons. The Kier molecular flexibility index (Phi) is 2.32. The van der Waals surface area contributed by atoms with E-state index in [9.17, 15) is 0 Å². The van der Waals surface area contributed by atoms with E-state index >= 15 is 0 Å². The van der Waals surface area contributed by atoms with E-state index in [-0.39, 0.29) is 20.1 Å². The summed E-state index contributed by atoms with van der Waals surface area (Å²) in [6.07, 6.45) is 0. The maximum atomic E-state index is 4.09. The topological polar surface area (TPSA) is 24.7 Å². The van der Waals surface area contributed by atoms with Crippen molar-refractivity contribution >= 4 is 0 Å². The SMILES string of the molecule is C=C1N=c2ccccc2=N1.[Ir]. The minimum Gasteiger partial charge on any atom is -0.228 e. The molecule has 1 aliphatic heterocycles. The van der Waals surface area contributed by atoms with Gasteiger partial charge in [0.05, 0.1) is 10.7 Å². The Labute approximate surface area is 77.7 Å². The molecule has 0 fully saturated rings. The van der Waals surface area contributed by atoms with Gasteiger partial charge < -0.3 is 0 Å². The van der Waals surface area contributed by atoms with E-state index in [0.717, 1.165) is 10.7 Å². The quantitative estimate of drug-likeness (QED) is 0.661. The summed E-state index contributed by atoms with van der Waals surface area (Å²) >= 11 is 0. The Morgan fingerprint density at radius 3 is 1.91 bits per heavy atom. The smallest absolute Gasteiger partial charge is 0.146 e. The molecule has 0 atom stereocenters. The van der Waals surface area contributed by atoms with Gasteiger partial charge in [-0.2, -0.15) is 0 Å². The second-order valence-electron chi connectivity index (χ2n) is 2.13. The van der Waals surface area contributed by atoms with Crippen LogP contribution in [0, 0.1) is 0 Å². The van der Waals surface area contributed by atoms with Crippen molar-refractivity contribution in [2.75, 3.05) is 0 Å². The van der Waals surface area contributed by atoms with Crippen LogP contribution in [0.2, 0.25) is 0 Å². The fraction of sp³-hybridized carbons (Fsp3) is 0. The van der Waals surface area contributed by atoms with E-state index in [4.69, 9.17) is 0 Å². The second kappa shape index (κ2) is 3.07. The fourth-order valence-corrected chi connectivity index (χ4v) is 0.956. The van der Waals surface area contributed by atoms with Crippen molar-refractivity contribution in [2.45, 2.75) is 0 Å². The molecule has 0 N–H and O–H groups in total. The summed E-state index contributed by atoms with van der Waals surface area (Å²) < 4.78 is 0. The molecular formula is C8H6IrN2. The molecule has 11 heavy (non-hydrogen) atoms. The van der Waals surface area contributed by atoms with Gasteiger partial charge in [0.1, 0.15) is 5.82 Å². The Hall–Kier alpha value is -0.791. The van der Waals surface area contributed by atoms with Crippen LogP contribution in [0.25, 0.3) is 0 Å². The molecule has 0 aliphatic carbocycles. The summed E-state index contributed by atoms with van der Waals surface area (Å²) in [7, 11) is 0. The van der Waals surface area contributed by atoms with E-state index in [0.29, 0.717) is 5.82 Å². The van der Waals surface area contributed by atoms with E-state index in [1.165, 1.54) is 0 Å². The molecule has 1 aromatic rings. The number of rotatable bonds is 0. The van der Waals surface area contributed by atoms with Gasteiger partial charge in [-0.3, -0.25) is 0 Å². The number of para-hydroxylation sites is 2. The zero-order valence-corrected chi connectivity index (χ0v) is 8.14. The molecule has 0 bridgehead atoms. The van der Waals surface area contributed by atoms with Gasteiger partial charge in [-0.15, -0.1) is 0 Å². The number of nitrogens with zero attached hydrogens (tertiary/aromatic N) is 2. The van der Waals surface area contributed by atoms with Crippen LogP contribution in [0.4, 0.5) is 0 Å². The largest absolute Gasteiger partial charge is 0.228 e. The molecule has 1 radical (unpaired) electrons. The van der Waals surface area contributed by atoms with E-state index < -0.39 is 0 Å². The first-order valence-electron chi connectivity index (χ1n) is 3.08. The van der Waals surface area contributed by atoms with Crippen LogP contribution in [0.5, 0.6) is 0 Å². The van der Waals surface area contributed by atoms with Crippen LogP contribution in [0.3, 0.4) is 0 Å². The van der Waals surface area contributed by atoms with E-state index in [2.05, 4.69) is 16.6 Å². The Balaban J connectivity index is 0.000000605. The molecule has 0 unspecified atom stereocenters. The monoisotopic (exact) mass is 323 g/mol. The Morgan fingerprint density at radius 1 is 1.00 bits per heavy atom. The molecule has 0 aromatic heterocycles. The molecule has 0 saturated carbocycles. The first-order valence-corrected chi connectivity index (χ1v) is 3.08. The van der Waals surface area contributed by atoms with Crippen molar-refractivity contribution in [3.05, 3.63) is 47.4 Å². The van der Waals surface area contributed by atoms with Gasteiger partial charge in [0.2, 0.25) is 0 Å². The van der Waals surface area contributed by atoms with Crippen LogP contribution in [-0.4, -0.2) is 0 Å². The third-order valence-electron chi connectivity index (χ3n) is 1.38. The normalized spacial score (nSPS) is 12.5. The van der Waals surface area contributed by atoms with Gasteiger partial charge in [0.15, 0.2) is 0 Å². The van der Waals surface area contributed by atoms with Crippen molar-refractivity contribution in [1.29, 1.82) is 0 Å². The average molecular weight is 322 g/mol. The van der Waals surface area contributed by atoms with Crippen LogP contribution in [0.1, 0.15) is 0 Å². The molecule has 1 aliphatic rings. The van der Waals surface area contributed by atoms with E-state index in [1.807, 2.05) is 24.3 Å². The molecule has 0 amide bonds. The van der Waals surface area contributed by atoms with Crippen molar-refractivity contribution in [1.82, 2.24) is 0 Å². The van der Waals surface area contributed by atoms with Crippen molar-refractivity contribution in [3.8, 4) is 0 Å². The summed E-state index contributed by atoms with van der Waals surface area (Å²) in [5.41, 5.74) is 0. The van der Waals surface area contributed by atoms with Crippen molar-refractivity contribution < 1.29 is 20.1 Å². The predicted octanol–water partition coefficient (Wildman–Crippen LogP) is 0.408. The van der Waals surface area contributed by atoms with Gasteiger partial charge in [-0.1, -0.05) is 18.7 Å². The second-order valence-corrected chi connectivity index (χ2v) is 2.13. The summed E-state index contributed by atoms with van der Waals surface area (Å²) in [6, 6.07) is 7.74. The van der Waals surface area contributed by atoms with E-state index in [1.54, 1.807) is 0 Å². The van der Waals surface area contributed by atoms with Crippen LogP contribution < -0.4 is 10.7 Å². The first-order chi connectivity index (χ1) is 4.86. The average Bonchev–Trinajstić information content (AvgIpc) is 2.27. The summed E-state index contributed by atoms with van der Waals surface area (Å²) in [6.45, 7) is 3.64. The summed E-state index contributed by atoms with van der Waals surface area (Å²) in [5, 5.41) is 1.85. The Morgan fingerprint density at radius 2 is 1.45 bits per heavy atom. The van der Waals surface area contributed by atoms with Crippen LogP contribution in [0.15, 0.2) is 46.7 Å². The molecule has 0 saturated heterocycles.